The number of fused-ring (bicyclic) bond motifs is 1. The molecule has 1 saturated heterocycles. The number of anilines is 1. The van der Waals surface area contributed by atoms with Gasteiger partial charge in [-0.15, -0.1) is 12.4 Å². The van der Waals surface area contributed by atoms with Gasteiger partial charge in [-0.3, -0.25) is 4.90 Å². The topological polar surface area (TPSA) is 41.0 Å². The van der Waals surface area contributed by atoms with E-state index in [1.54, 1.807) is 18.3 Å². The summed E-state index contributed by atoms with van der Waals surface area (Å²) in [5.41, 5.74) is 1.60. The Hall–Kier alpha value is -3.23. The molecule has 5 rings (SSSR count). The van der Waals surface area contributed by atoms with E-state index in [0.717, 1.165) is 43.1 Å². The Kier molecular flexibility index (Phi) is 7.76. The lowest BCUT2D eigenvalue weighted by atomic mass is 10.0. The average Bonchev–Trinajstić information content (AvgIpc) is 2.85. The van der Waals surface area contributed by atoms with E-state index < -0.39 is 11.9 Å². The molecule has 0 unspecified atom stereocenters. The fraction of sp³-hybridized carbons (Fsp3) is 0.259. The van der Waals surface area contributed by atoms with Gasteiger partial charge in [0.2, 0.25) is 0 Å². The van der Waals surface area contributed by atoms with E-state index in [4.69, 9.17) is 0 Å². The maximum atomic E-state index is 13.5. The van der Waals surface area contributed by atoms with Crippen LogP contribution in [0, 0.1) is 5.82 Å². The summed E-state index contributed by atoms with van der Waals surface area (Å²) in [6, 6.07) is 18.4. The summed E-state index contributed by atoms with van der Waals surface area (Å²) in [6.45, 7) is 2.33. The van der Waals surface area contributed by atoms with E-state index in [2.05, 4.69) is 20.2 Å². The van der Waals surface area contributed by atoms with Crippen molar-refractivity contribution in [1.82, 2.24) is 14.9 Å². The minimum absolute atomic E-state index is 0. The first-order valence-corrected chi connectivity index (χ1v) is 11.5. The third-order valence-corrected chi connectivity index (χ3v) is 6.33. The number of hydrogen-bond acceptors (Lipinski definition) is 4. The largest absolute Gasteiger partial charge is 0.433 e. The van der Waals surface area contributed by atoms with Crippen LogP contribution in [0.4, 0.5) is 23.4 Å². The molecule has 36 heavy (non-hydrogen) atoms. The molecule has 2 aromatic carbocycles. The van der Waals surface area contributed by atoms with Gasteiger partial charge < -0.3 is 5.32 Å². The van der Waals surface area contributed by atoms with Crippen LogP contribution in [0.1, 0.15) is 24.1 Å². The van der Waals surface area contributed by atoms with Gasteiger partial charge in [0.05, 0.1) is 5.52 Å². The van der Waals surface area contributed by atoms with E-state index in [0.29, 0.717) is 23.3 Å². The molecule has 1 aliphatic rings. The summed E-state index contributed by atoms with van der Waals surface area (Å²) >= 11 is 0. The Morgan fingerprint density at radius 1 is 0.944 bits per heavy atom. The van der Waals surface area contributed by atoms with E-state index in [9.17, 15) is 17.6 Å². The summed E-state index contributed by atoms with van der Waals surface area (Å²) in [5.74, 6) is 0.294. The number of pyridine rings is 2. The number of nitrogens with zero attached hydrogens (tertiary/aromatic N) is 3. The molecule has 2 aromatic heterocycles. The molecule has 0 amide bonds. The lowest BCUT2D eigenvalue weighted by molar-refractivity contribution is -0.140. The molecule has 9 heteroatoms. The van der Waals surface area contributed by atoms with Crippen LogP contribution in [0.5, 0.6) is 0 Å². The molecule has 0 bridgehead atoms. The smallest absolute Gasteiger partial charge is 0.367 e. The van der Waals surface area contributed by atoms with E-state index in [1.807, 2.05) is 36.4 Å². The molecule has 4 aromatic rings. The van der Waals surface area contributed by atoms with Gasteiger partial charge >= 0.3 is 6.18 Å². The number of aromatic nitrogens is 2. The third-order valence-electron chi connectivity index (χ3n) is 6.33. The Morgan fingerprint density at radius 3 is 2.39 bits per heavy atom. The van der Waals surface area contributed by atoms with Crippen LogP contribution >= 0.6 is 12.4 Å². The van der Waals surface area contributed by atoms with Crippen LogP contribution < -0.4 is 5.32 Å². The predicted molar refractivity (Wildman–Crippen MR) is 136 cm³/mol. The Labute approximate surface area is 212 Å². The average molecular weight is 517 g/mol. The minimum Gasteiger partial charge on any atom is -0.367 e. The molecule has 0 atom stereocenters. The zero-order valence-corrected chi connectivity index (χ0v) is 20.1. The van der Waals surface area contributed by atoms with Crippen molar-refractivity contribution in [3.63, 3.8) is 0 Å². The zero-order chi connectivity index (χ0) is 24.4. The monoisotopic (exact) mass is 516 g/mol. The number of nitrogens with one attached hydrogen (secondary N) is 1. The van der Waals surface area contributed by atoms with Crippen molar-refractivity contribution in [2.45, 2.75) is 31.6 Å². The van der Waals surface area contributed by atoms with Crippen molar-refractivity contribution in [3.05, 3.63) is 90.0 Å². The maximum Gasteiger partial charge on any atom is 0.433 e. The highest BCUT2D eigenvalue weighted by Gasteiger charge is 2.33. The standard InChI is InChI=1S/C27H24F4N4.ClH/c28-20-8-4-5-18(15-20)17-35-13-11-21(12-14-35)33-26-22-9-10-24(27(29,30)31)34-25(22)23(16-32-26)19-6-2-1-3-7-19;/h1-10,15-16,21H,11-14,17H2,(H,32,33);1H. The number of benzene rings is 2. The third kappa shape index (κ3) is 5.77. The normalized spacial score (nSPS) is 15.0. The summed E-state index contributed by atoms with van der Waals surface area (Å²) < 4.78 is 53.7. The van der Waals surface area contributed by atoms with Gasteiger partial charge in [-0.05, 0) is 48.2 Å². The summed E-state index contributed by atoms with van der Waals surface area (Å²) in [5, 5.41) is 3.99. The molecule has 1 N–H and O–H groups in total. The van der Waals surface area contributed by atoms with Crippen LogP contribution in [-0.4, -0.2) is 34.0 Å². The highest BCUT2D eigenvalue weighted by molar-refractivity contribution is 5.99. The number of likely N-dealkylation sites (tertiary alicyclic amines) is 1. The lowest BCUT2D eigenvalue weighted by Gasteiger charge is -2.32. The fourth-order valence-electron chi connectivity index (χ4n) is 4.54. The van der Waals surface area contributed by atoms with Gasteiger partial charge in [0.1, 0.15) is 17.3 Å². The molecular formula is C27H25ClF4N4. The maximum absolute atomic E-state index is 13.5. The van der Waals surface area contributed by atoms with Crippen LogP contribution in [0.15, 0.2) is 72.9 Å². The molecule has 4 nitrogen and oxygen atoms in total. The Bertz CT molecular complexity index is 1320. The molecule has 0 aliphatic carbocycles. The van der Waals surface area contributed by atoms with Gasteiger partial charge in [0.15, 0.2) is 0 Å². The molecule has 3 heterocycles. The van der Waals surface area contributed by atoms with Crippen molar-refractivity contribution < 1.29 is 17.6 Å². The van der Waals surface area contributed by atoms with Crippen LogP contribution in [0.25, 0.3) is 22.0 Å². The van der Waals surface area contributed by atoms with Gasteiger partial charge in [-0.2, -0.15) is 13.2 Å². The molecule has 0 saturated carbocycles. The number of halogens is 5. The van der Waals surface area contributed by atoms with E-state index in [-0.39, 0.29) is 29.8 Å². The SMILES string of the molecule is Cl.Fc1cccc(CN2CCC(Nc3ncc(-c4ccccc4)c4nc(C(F)(F)F)ccc34)CC2)c1. The molecular weight excluding hydrogens is 492 g/mol. The van der Waals surface area contributed by atoms with E-state index in [1.165, 1.54) is 12.1 Å². The van der Waals surface area contributed by atoms with Gasteiger partial charge in [0.25, 0.3) is 0 Å². The number of alkyl halides is 3. The number of hydrogen-bond donors (Lipinski definition) is 1. The highest BCUT2D eigenvalue weighted by atomic mass is 35.5. The first kappa shape index (κ1) is 25.9. The van der Waals surface area contributed by atoms with Crippen LogP contribution in [-0.2, 0) is 12.7 Å². The molecule has 0 radical (unpaired) electrons. The predicted octanol–water partition coefficient (Wildman–Crippen LogP) is 6.95. The summed E-state index contributed by atoms with van der Waals surface area (Å²) in [6.07, 6.45) is -1.26. The van der Waals surface area contributed by atoms with Crippen molar-refractivity contribution in [1.29, 1.82) is 0 Å². The minimum atomic E-state index is -4.53. The fourth-order valence-corrected chi connectivity index (χ4v) is 4.54. The van der Waals surface area contributed by atoms with Crippen molar-refractivity contribution >= 4 is 29.1 Å². The van der Waals surface area contributed by atoms with Crippen molar-refractivity contribution in [2.75, 3.05) is 18.4 Å². The van der Waals surface area contributed by atoms with Gasteiger partial charge in [-0.25, -0.2) is 14.4 Å². The number of rotatable bonds is 5. The number of piperidine rings is 1. The quantitative estimate of drug-likeness (QED) is 0.291. The molecule has 188 valence electrons. The van der Waals surface area contributed by atoms with Crippen LogP contribution in [0.2, 0.25) is 0 Å². The molecule has 1 aliphatic heterocycles. The Balaban J connectivity index is 0.00000304. The Morgan fingerprint density at radius 2 is 1.69 bits per heavy atom. The first-order valence-electron chi connectivity index (χ1n) is 11.5. The molecule has 0 spiro atoms. The van der Waals surface area contributed by atoms with Crippen molar-refractivity contribution in [2.24, 2.45) is 0 Å². The lowest BCUT2D eigenvalue weighted by Crippen LogP contribution is -2.38. The second kappa shape index (κ2) is 10.8. The van der Waals surface area contributed by atoms with E-state index >= 15 is 0 Å². The van der Waals surface area contributed by atoms with Gasteiger partial charge in [-0.1, -0.05) is 42.5 Å². The van der Waals surface area contributed by atoms with Crippen LogP contribution in [0.3, 0.4) is 0 Å². The zero-order valence-electron chi connectivity index (χ0n) is 19.3. The molecule has 1 fully saturated rings. The summed E-state index contributed by atoms with van der Waals surface area (Å²) in [7, 11) is 0. The highest BCUT2D eigenvalue weighted by Crippen LogP contribution is 2.35. The second-order valence-electron chi connectivity index (χ2n) is 8.80. The summed E-state index contributed by atoms with van der Waals surface area (Å²) in [4.78, 5) is 10.8. The second-order valence-corrected chi connectivity index (χ2v) is 8.80. The van der Waals surface area contributed by atoms with Gasteiger partial charge in [0, 0.05) is 42.8 Å². The first-order chi connectivity index (χ1) is 16.9. The van der Waals surface area contributed by atoms with Crippen molar-refractivity contribution in [3.8, 4) is 11.1 Å².